The minimum Gasteiger partial charge on any atom is -0.480 e. The molecule has 0 bridgehead atoms. The molecular formula is C11H17N3O3. The number of hydrogen-bond donors (Lipinski definition) is 1. The molecule has 0 radical (unpaired) electrons. The fourth-order valence-corrected chi connectivity index (χ4v) is 1.41. The van der Waals surface area contributed by atoms with E-state index < -0.39 is 12.0 Å². The van der Waals surface area contributed by atoms with Gasteiger partial charge in [0.1, 0.15) is 6.04 Å². The van der Waals surface area contributed by atoms with Gasteiger partial charge in [0.2, 0.25) is 0 Å². The van der Waals surface area contributed by atoms with Gasteiger partial charge in [0.05, 0.1) is 0 Å². The Labute approximate surface area is 99.5 Å². The number of carbonyl (C=O) groups is 1. The quantitative estimate of drug-likeness (QED) is 0.838. The Morgan fingerprint density at radius 3 is 2.53 bits per heavy atom. The second kappa shape index (κ2) is 4.99. The first-order valence-corrected chi connectivity index (χ1v) is 5.39. The minimum absolute atomic E-state index is 0.0118. The summed E-state index contributed by atoms with van der Waals surface area (Å²) in [7, 11) is 1.55. The molecule has 1 N–H and O–H groups in total. The Hall–Kier alpha value is -1.85. The molecule has 0 aliphatic carbocycles. The number of anilines is 1. The molecule has 6 nitrogen and oxygen atoms in total. The molecule has 0 aliphatic rings. The SMILES string of the molecule is CC(C(=O)O)N(C)c1nccn(C(C)C)c1=O. The molecule has 1 unspecified atom stereocenters. The van der Waals surface area contributed by atoms with Crippen molar-refractivity contribution in [3.8, 4) is 0 Å². The molecule has 0 saturated carbocycles. The third-order valence-corrected chi connectivity index (χ3v) is 2.68. The molecule has 1 rings (SSSR count). The Bertz CT molecular complexity index is 467. The van der Waals surface area contributed by atoms with Crippen molar-refractivity contribution in [2.75, 3.05) is 11.9 Å². The van der Waals surface area contributed by atoms with Crippen molar-refractivity contribution < 1.29 is 9.90 Å². The van der Waals surface area contributed by atoms with Gasteiger partial charge in [0.15, 0.2) is 5.82 Å². The summed E-state index contributed by atoms with van der Waals surface area (Å²) in [5.74, 6) is -0.843. The van der Waals surface area contributed by atoms with E-state index >= 15 is 0 Å². The van der Waals surface area contributed by atoms with Crippen LogP contribution >= 0.6 is 0 Å². The molecule has 94 valence electrons. The first-order valence-electron chi connectivity index (χ1n) is 5.39. The van der Waals surface area contributed by atoms with Crippen LogP contribution < -0.4 is 10.5 Å². The van der Waals surface area contributed by atoms with E-state index in [4.69, 9.17) is 5.11 Å². The molecule has 1 atom stereocenters. The minimum atomic E-state index is -0.992. The molecule has 0 fully saturated rings. The van der Waals surface area contributed by atoms with Gasteiger partial charge in [-0.15, -0.1) is 0 Å². The number of carboxylic acid groups (broad SMARTS) is 1. The summed E-state index contributed by atoms with van der Waals surface area (Å²) in [4.78, 5) is 28.2. The van der Waals surface area contributed by atoms with Crippen LogP contribution in [0.5, 0.6) is 0 Å². The fourth-order valence-electron chi connectivity index (χ4n) is 1.41. The monoisotopic (exact) mass is 239 g/mol. The van der Waals surface area contributed by atoms with E-state index in [-0.39, 0.29) is 17.4 Å². The summed E-state index contributed by atoms with van der Waals surface area (Å²) in [5.41, 5.74) is -0.280. The summed E-state index contributed by atoms with van der Waals surface area (Å²) in [6, 6.07) is -0.781. The summed E-state index contributed by atoms with van der Waals surface area (Å²) in [6.07, 6.45) is 3.09. The summed E-state index contributed by atoms with van der Waals surface area (Å²) >= 11 is 0. The lowest BCUT2D eigenvalue weighted by molar-refractivity contribution is -0.138. The first-order chi connectivity index (χ1) is 7.86. The Kier molecular flexibility index (Phi) is 3.88. The number of likely N-dealkylation sites (N-methyl/N-ethyl adjacent to an activating group) is 1. The van der Waals surface area contributed by atoms with Crippen LogP contribution in [0.15, 0.2) is 17.2 Å². The van der Waals surface area contributed by atoms with E-state index in [9.17, 15) is 9.59 Å². The highest BCUT2D eigenvalue weighted by Crippen LogP contribution is 2.08. The van der Waals surface area contributed by atoms with Crippen LogP contribution in [0.25, 0.3) is 0 Å². The van der Waals surface area contributed by atoms with Crippen molar-refractivity contribution in [2.24, 2.45) is 0 Å². The zero-order chi connectivity index (χ0) is 13.2. The molecule has 0 amide bonds. The summed E-state index contributed by atoms with van der Waals surface area (Å²) in [6.45, 7) is 5.27. The van der Waals surface area contributed by atoms with Gasteiger partial charge in [0.25, 0.3) is 5.56 Å². The van der Waals surface area contributed by atoms with Crippen LogP contribution in [-0.4, -0.2) is 33.7 Å². The topological polar surface area (TPSA) is 75.4 Å². The second-order valence-corrected chi connectivity index (χ2v) is 4.18. The van der Waals surface area contributed by atoms with Gasteiger partial charge in [-0.2, -0.15) is 0 Å². The van der Waals surface area contributed by atoms with Crippen LogP contribution in [0, 0.1) is 0 Å². The maximum Gasteiger partial charge on any atom is 0.326 e. The smallest absolute Gasteiger partial charge is 0.326 e. The maximum atomic E-state index is 12.0. The van der Waals surface area contributed by atoms with Gasteiger partial charge in [-0.25, -0.2) is 9.78 Å². The van der Waals surface area contributed by atoms with E-state index in [1.54, 1.807) is 13.2 Å². The number of hydrogen-bond acceptors (Lipinski definition) is 4. The van der Waals surface area contributed by atoms with E-state index in [0.717, 1.165) is 0 Å². The zero-order valence-corrected chi connectivity index (χ0v) is 10.4. The standard InChI is InChI=1S/C11H17N3O3/c1-7(2)14-6-5-12-9(10(14)15)13(4)8(3)11(16)17/h5-8H,1-4H3,(H,16,17). The van der Waals surface area contributed by atoms with Gasteiger partial charge < -0.3 is 14.6 Å². The van der Waals surface area contributed by atoms with Crippen LogP contribution in [0.2, 0.25) is 0 Å². The van der Waals surface area contributed by atoms with Gasteiger partial charge in [-0.05, 0) is 20.8 Å². The van der Waals surface area contributed by atoms with E-state index in [1.165, 1.54) is 22.6 Å². The van der Waals surface area contributed by atoms with Crippen LogP contribution in [-0.2, 0) is 4.79 Å². The van der Waals surface area contributed by atoms with Gasteiger partial charge in [-0.1, -0.05) is 0 Å². The predicted octanol–water partition coefficient (Wildman–Crippen LogP) is 0.734. The van der Waals surface area contributed by atoms with E-state index in [0.29, 0.717) is 0 Å². The first kappa shape index (κ1) is 13.2. The highest BCUT2D eigenvalue weighted by Gasteiger charge is 2.21. The summed E-state index contributed by atoms with van der Waals surface area (Å²) < 4.78 is 1.52. The lowest BCUT2D eigenvalue weighted by atomic mass is 10.3. The number of carboxylic acids is 1. The third-order valence-electron chi connectivity index (χ3n) is 2.68. The molecule has 0 spiro atoms. The lowest BCUT2D eigenvalue weighted by Crippen LogP contribution is -2.40. The Morgan fingerprint density at radius 2 is 2.06 bits per heavy atom. The Morgan fingerprint density at radius 1 is 1.47 bits per heavy atom. The molecule has 1 heterocycles. The molecule has 0 aromatic carbocycles. The molecule has 6 heteroatoms. The van der Waals surface area contributed by atoms with Crippen molar-refractivity contribution in [3.05, 3.63) is 22.7 Å². The van der Waals surface area contributed by atoms with Gasteiger partial charge in [-0.3, -0.25) is 4.79 Å². The number of nitrogens with zero attached hydrogens (tertiary/aromatic N) is 3. The van der Waals surface area contributed by atoms with E-state index in [2.05, 4.69) is 4.98 Å². The van der Waals surface area contributed by atoms with Crippen molar-refractivity contribution >= 4 is 11.8 Å². The zero-order valence-electron chi connectivity index (χ0n) is 10.4. The average molecular weight is 239 g/mol. The number of aromatic nitrogens is 2. The van der Waals surface area contributed by atoms with Crippen molar-refractivity contribution in [1.29, 1.82) is 0 Å². The van der Waals surface area contributed by atoms with Crippen molar-refractivity contribution in [2.45, 2.75) is 32.9 Å². The molecule has 0 saturated heterocycles. The van der Waals surface area contributed by atoms with Crippen molar-refractivity contribution in [1.82, 2.24) is 9.55 Å². The second-order valence-electron chi connectivity index (χ2n) is 4.18. The van der Waals surface area contributed by atoms with Crippen LogP contribution in [0.1, 0.15) is 26.8 Å². The maximum absolute atomic E-state index is 12.0. The van der Waals surface area contributed by atoms with Crippen LogP contribution in [0.4, 0.5) is 5.82 Å². The summed E-state index contributed by atoms with van der Waals surface area (Å²) in [5, 5.41) is 8.90. The predicted molar refractivity (Wildman–Crippen MR) is 64.4 cm³/mol. The molecule has 1 aromatic heterocycles. The molecule has 1 aromatic rings. The van der Waals surface area contributed by atoms with Gasteiger partial charge in [0, 0.05) is 25.5 Å². The lowest BCUT2D eigenvalue weighted by Gasteiger charge is -2.22. The molecular weight excluding hydrogens is 222 g/mol. The number of rotatable bonds is 4. The Balaban J connectivity index is 3.20. The average Bonchev–Trinajstić information content (AvgIpc) is 2.26. The number of aliphatic carboxylic acids is 1. The normalized spacial score (nSPS) is 12.5. The van der Waals surface area contributed by atoms with Crippen LogP contribution in [0.3, 0.4) is 0 Å². The van der Waals surface area contributed by atoms with Gasteiger partial charge >= 0.3 is 5.97 Å². The van der Waals surface area contributed by atoms with E-state index in [1.807, 2.05) is 13.8 Å². The van der Waals surface area contributed by atoms with Crippen molar-refractivity contribution in [3.63, 3.8) is 0 Å². The molecule has 17 heavy (non-hydrogen) atoms. The highest BCUT2D eigenvalue weighted by atomic mass is 16.4. The third kappa shape index (κ3) is 2.64. The highest BCUT2D eigenvalue weighted by molar-refractivity contribution is 5.76. The fraction of sp³-hybridized carbons (Fsp3) is 0.545. The largest absolute Gasteiger partial charge is 0.480 e. The molecule has 0 aliphatic heterocycles.